The molecule has 3 aliphatic heterocycles. The molecule has 5 rings (SSSR count). The Labute approximate surface area is 283 Å². The van der Waals surface area contributed by atoms with Gasteiger partial charge in [0.1, 0.15) is 17.2 Å². The molecule has 5 atom stereocenters. The number of hydrogen-bond acceptors (Lipinski definition) is 7. The lowest BCUT2D eigenvalue weighted by molar-refractivity contribution is -0.140. The molecule has 8 nitrogen and oxygen atoms in total. The number of carbonyl (C=O) groups is 4. The molecule has 4 aliphatic rings. The van der Waals surface area contributed by atoms with E-state index in [1.54, 1.807) is 4.90 Å². The molecule has 49 heavy (non-hydrogen) atoms. The van der Waals surface area contributed by atoms with E-state index in [-0.39, 0.29) is 60.8 Å². The van der Waals surface area contributed by atoms with Gasteiger partial charge in [-0.05, 0) is 71.8 Å². The van der Waals surface area contributed by atoms with Crippen molar-refractivity contribution >= 4 is 23.6 Å². The van der Waals surface area contributed by atoms with Gasteiger partial charge in [0.2, 0.25) is 34.8 Å². The minimum absolute atomic E-state index is 0.0525. The second-order valence-corrected chi connectivity index (χ2v) is 14.7. The van der Waals surface area contributed by atoms with Gasteiger partial charge in [0.05, 0.1) is 6.04 Å². The lowest BCUT2D eigenvalue weighted by atomic mass is 9.56. The predicted molar refractivity (Wildman–Crippen MR) is 167 cm³/mol. The minimum Gasteiger partial charge on any atom is -0.444 e. The third-order valence-corrected chi connectivity index (χ3v) is 10.3. The number of benzene rings is 1. The fraction of sp³-hybridized carbons (Fsp3) is 0.667. The van der Waals surface area contributed by atoms with Crippen LogP contribution in [0, 0.1) is 58.2 Å². The number of ether oxygens (including phenoxy) is 2. The molecule has 268 valence electrons. The molecule has 1 spiro atoms. The van der Waals surface area contributed by atoms with Crippen molar-refractivity contribution in [1.29, 1.82) is 0 Å². The highest BCUT2D eigenvalue weighted by Crippen LogP contribution is 2.58. The molecular formula is C36H43F5N2O6. The number of fused-ring (bicyclic) bond motifs is 2. The van der Waals surface area contributed by atoms with Gasteiger partial charge in [0.25, 0.3) is 0 Å². The van der Waals surface area contributed by atoms with Crippen LogP contribution in [0.1, 0.15) is 97.8 Å². The second kappa shape index (κ2) is 14.8. The first-order valence-corrected chi connectivity index (χ1v) is 17.1. The summed E-state index contributed by atoms with van der Waals surface area (Å²) in [7, 11) is 0. The molecule has 1 saturated carbocycles. The van der Waals surface area contributed by atoms with E-state index in [1.807, 2.05) is 20.8 Å². The van der Waals surface area contributed by atoms with Crippen molar-refractivity contribution in [3.05, 3.63) is 29.1 Å². The molecule has 0 bridgehead atoms. The van der Waals surface area contributed by atoms with Gasteiger partial charge in [-0.2, -0.15) is 8.78 Å². The molecule has 4 fully saturated rings. The lowest BCUT2D eigenvalue weighted by Crippen LogP contribution is -2.63. The summed E-state index contributed by atoms with van der Waals surface area (Å²) in [6.07, 6.45) is 5.21. The maximum Gasteiger partial charge on any atom is 0.410 e. The van der Waals surface area contributed by atoms with Crippen LogP contribution in [-0.2, 0) is 19.1 Å². The van der Waals surface area contributed by atoms with Crippen LogP contribution in [0.15, 0.2) is 0 Å². The summed E-state index contributed by atoms with van der Waals surface area (Å²) in [6.45, 7) is 7.09. The van der Waals surface area contributed by atoms with E-state index in [2.05, 4.69) is 21.5 Å². The molecule has 1 aliphatic carbocycles. The zero-order chi connectivity index (χ0) is 35.7. The summed E-state index contributed by atoms with van der Waals surface area (Å²) < 4.78 is 77.8. The SMILES string of the molecule is CC(C)(C)OC(=O)N1CC[C@H]2CC(=O)[C@@H](CCC#CCCCC(=O)Oc3c(F)c(F)c(F)c(F)c3F)[C@@H]3N4CCCCCC(=O)[C@H]4C[C@]23C1. The number of carbonyl (C=O) groups excluding carboxylic acids is 4. The molecule has 1 aromatic rings. The first kappa shape index (κ1) is 36.7. The monoisotopic (exact) mass is 694 g/mol. The summed E-state index contributed by atoms with van der Waals surface area (Å²) in [4.78, 5) is 56.5. The van der Waals surface area contributed by atoms with E-state index in [1.165, 1.54) is 0 Å². The maximum atomic E-state index is 13.8. The van der Waals surface area contributed by atoms with Crippen molar-refractivity contribution in [2.24, 2.45) is 17.3 Å². The van der Waals surface area contributed by atoms with Crippen LogP contribution in [0.3, 0.4) is 0 Å². The number of halogens is 5. The van der Waals surface area contributed by atoms with E-state index < -0.39 is 51.8 Å². The van der Waals surface area contributed by atoms with Gasteiger partial charge in [-0.3, -0.25) is 19.3 Å². The van der Waals surface area contributed by atoms with Gasteiger partial charge in [-0.1, -0.05) is 6.42 Å². The van der Waals surface area contributed by atoms with Crippen LogP contribution in [0.2, 0.25) is 0 Å². The Morgan fingerprint density at radius 3 is 2.27 bits per heavy atom. The number of Topliss-reactive ketones (excluding diaryl/α,β-unsaturated/α-hetero) is 2. The molecule has 0 radical (unpaired) electrons. The molecule has 0 N–H and O–H groups in total. The van der Waals surface area contributed by atoms with E-state index in [0.717, 1.165) is 19.3 Å². The van der Waals surface area contributed by atoms with Crippen LogP contribution < -0.4 is 4.74 Å². The van der Waals surface area contributed by atoms with Crippen molar-refractivity contribution in [2.45, 2.75) is 116 Å². The zero-order valence-corrected chi connectivity index (χ0v) is 28.1. The van der Waals surface area contributed by atoms with Crippen LogP contribution in [0.25, 0.3) is 0 Å². The van der Waals surface area contributed by atoms with E-state index >= 15 is 0 Å². The molecule has 1 aromatic carbocycles. The lowest BCUT2D eigenvalue weighted by Gasteiger charge is -2.55. The fourth-order valence-electron chi connectivity index (χ4n) is 8.26. The quantitative estimate of drug-likeness (QED) is 0.0626. The van der Waals surface area contributed by atoms with Crippen molar-refractivity contribution in [3.63, 3.8) is 0 Å². The highest BCUT2D eigenvalue weighted by atomic mass is 19.2. The Hall–Kier alpha value is -3.53. The Morgan fingerprint density at radius 1 is 0.898 bits per heavy atom. The summed E-state index contributed by atoms with van der Waals surface area (Å²) in [6, 6.07) is -0.509. The average Bonchev–Trinajstić information content (AvgIpc) is 3.35. The molecule has 0 unspecified atom stereocenters. The molecular weight excluding hydrogens is 651 g/mol. The van der Waals surface area contributed by atoms with Gasteiger partial charge < -0.3 is 14.4 Å². The highest BCUT2D eigenvalue weighted by Gasteiger charge is 2.64. The van der Waals surface area contributed by atoms with Gasteiger partial charge >= 0.3 is 12.1 Å². The number of esters is 1. The Morgan fingerprint density at radius 2 is 1.57 bits per heavy atom. The Balaban J connectivity index is 1.25. The van der Waals surface area contributed by atoms with Crippen molar-refractivity contribution in [2.75, 3.05) is 19.6 Å². The van der Waals surface area contributed by atoms with E-state index in [9.17, 15) is 41.1 Å². The smallest absolute Gasteiger partial charge is 0.410 e. The normalized spacial score (nSPS) is 27.2. The number of rotatable bonds is 6. The minimum atomic E-state index is -2.35. The molecule has 1 amide bonds. The van der Waals surface area contributed by atoms with Gasteiger partial charge in [0.15, 0.2) is 0 Å². The first-order chi connectivity index (χ1) is 23.1. The second-order valence-electron chi connectivity index (χ2n) is 14.7. The molecule has 3 saturated heterocycles. The molecule has 0 aromatic heterocycles. The summed E-state index contributed by atoms with van der Waals surface area (Å²) in [5, 5.41) is 0. The van der Waals surface area contributed by atoms with Crippen LogP contribution in [0.5, 0.6) is 5.75 Å². The largest absolute Gasteiger partial charge is 0.444 e. The summed E-state index contributed by atoms with van der Waals surface area (Å²) in [5.74, 6) is -8.07. The van der Waals surface area contributed by atoms with Crippen molar-refractivity contribution in [3.8, 4) is 17.6 Å². The number of likely N-dealkylation sites (tertiary alicyclic amines) is 1. The number of piperidine rings is 1. The standard InChI is InChI=1S/C36H43F5N2O6/c1-35(2,3)49-34(47)42-17-15-21-18-25(45)22(33-36(21,20-42)19-23-24(44)13-9-7-11-16-43(23)33)12-8-5-4-6-10-14-26(46)48-32-30(40)28(38)27(37)29(39)31(32)41/h21-23,33H,6-20H2,1-3H3/t21-,22+,23+,33-,36-/m0/s1. The van der Waals surface area contributed by atoms with Crippen LogP contribution in [0.4, 0.5) is 26.7 Å². The van der Waals surface area contributed by atoms with Gasteiger partial charge in [-0.25, -0.2) is 18.0 Å². The number of hydrogen-bond donors (Lipinski definition) is 0. The van der Waals surface area contributed by atoms with Crippen LogP contribution in [-0.4, -0.2) is 70.7 Å². The number of ketones is 2. The maximum absolute atomic E-state index is 13.8. The van der Waals surface area contributed by atoms with E-state index in [4.69, 9.17) is 4.74 Å². The highest BCUT2D eigenvalue weighted by molar-refractivity contribution is 5.87. The van der Waals surface area contributed by atoms with Crippen molar-refractivity contribution < 1.29 is 50.6 Å². The molecule has 13 heteroatoms. The van der Waals surface area contributed by atoms with E-state index in [0.29, 0.717) is 58.2 Å². The average molecular weight is 695 g/mol. The van der Waals surface area contributed by atoms with Crippen LogP contribution >= 0.6 is 0 Å². The first-order valence-electron chi connectivity index (χ1n) is 17.1. The predicted octanol–water partition coefficient (Wildman–Crippen LogP) is 6.66. The number of amides is 1. The fourth-order valence-corrected chi connectivity index (χ4v) is 8.26. The third kappa shape index (κ3) is 7.64. The topological polar surface area (TPSA) is 93.2 Å². The Kier molecular flexibility index (Phi) is 11.1. The molecule has 3 heterocycles. The number of nitrogens with zero attached hydrogens (tertiary/aromatic N) is 2. The van der Waals surface area contributed by atoms with Crippen molar-refractivity contribution in [1.82, 2.24) is 9.80 Å². The third-order valence-electron chi connectivity index (χ3n) is 10.3. The zero-order valence-electron chi connectivity index (χ0n) is 28.1. The number of unbranched alkanes of at least 4 members (excludes halogenated alkanes) is 1. The van der Waals surface area contributed by atoms with Gasteiger partial charge in [0, 0.05) is 62.6 Å². The Bertz CT molecular complexity index is 1520. The summed E-state index contributed by atoms with van der Waals surface area (Å²) in [5.41, 5.74) is -1.09. The van der Waals surface area contributed by atoms with Gasteiger partial charge in [-0.15, -0.1) is 11.8 Å². The summed E-state index contributed by atoms with van der Waals surface area (Å²) >= 11 is 0.